The molecule has 0 saturated carbocycles. The Labute approximate surface area is 114 Å². The number of primary amides is 1. The van der Waals surface area contributed by atoms with Crippen LogP contribution in [-0.4, -0.2) is 41.9 Å². The first-order valence-corrected chi connectivity index (χ1v) is 6.50. The Morgan fingerprint density at radius 2 is 2.06 bits per heavy atom. The largest absolute Gasteiger partial charge is 0.368 e. The van der Waals surface area contributed by atoms with E-state index in [1.807, 2.05) is 0 Å². The second-order valence-electron chi connectivity index (χ2n) is 4.98. The number of carbonyl (C=O) groups excluding carboxylic acids is 2. The van der Waals surface area contributed by atoms with E-state index in [0.717, 1.165) is 32.2 Å². The summed E-state index contributed by atoms with van der Waals surface area (Å²) in [5, 5.41) is 3.37. The van der Waals surface area contributed by atoms with Gasteiger partial charge in [-0.3, -0.25) is 9.59 Å². The van der Waals surface area contributed by atoms with Gasteiger partial charge >= 0.3 is 0 Å². The molecule has 2 saturated heterocycles. The van der Waals surface area contributed by atoms with Gasteiger partial charge in [-0.25, -0.2) is 0 Å². The highest BCUT2D eigenvalue weighted by atomic mass is 35.5. The van der Waals surface area contributed by atoms with Crippen molar-refractivity contribution in [2.24, 2.45) is 5.73 Å². The van der Waals surface area contributed by atoms with Crippen molar-refractivity contribution >= 4 is 24.2 Å². The maximum Gasteiger partial charge on any atom is 0.240 e. The Hall–Kier alpha value is -0.810. The van der Waals surface area contributed by atoms with Crippen LogP contribution in [0.3, 0.4) is 0 Å². The summed E-state index contributed by atoms with van der Waals surface area (Å²) in [5.41, 5.74) is 5.30. The van der Waals surface area contributed by atoms with Crippen molar-refractivity contribution in [1.82, 2.24) is 10.2 Å². The molecule has 2 aliphatic rings. The monoisotopic (exact) mass is 275 g/mol. The maximum atomic E-state index is 12.0. The fraction of sp³-hybridized carbons (Fsp3) is 0.833. The van der Waals surface area contributed by atoms with Crippen LogP contribution in [0.15, 0.2) is 0 Å². The van der Waals surface area contributed by atoms with Gasteiger partial charge in [0.25, 0.3) is 0 Å². The van der Waals surface area contributed by atoms with Crippen molar-refractivity contribution in [3.8, 4) is 0 Å². The summed E-state index contributed by atoms with van der Waals surface area (Å²) < 4.78 is 0. The van der Waals surface area contributed by atoms with Crippen LogP contribution in [0.5, 0.6) is 0 Å². The third-order valence-electron chi connectivity index (χ3n) is 3.77. The Balaban J connectivity index is 0.00000162. The zero-order valence-corrected chi connectivity index (χ0v) is 11.4. The van der Waals surface area contributed by atoms with Crippen molar-refractivity contribution in [2.45, 2.75) is 50.6 Å². The molecule has 2 unspecified atom stereocenters. The van der Waals surface area contributed by atoms with Crippen LogP contribution >= 0.6 is 12.4 Å². The van der Waals surface area contributed by atoms with E-state index in [0.29, 0.717) is 19.0 Å². The van der Waals surface area contributed by atoms with Crippen LogP contribution in [0.25, 0.3) is 0 Å². The molecular formula is C12H22ClN3O2. The molecule has 0 radical (unpaired) electrons. The number of nitrogens with two attached hydrogens (primary N) is 1. The molecule has 6 heteroatoms. The van der Waals surface area contributed by atoms with Crippen LogP contribution in [0.4, 0.5) is 0 Å². The Morgan fingerprint density at radius 1 is 1.28 bits per heavy atom. The average Bonchev–Trinajstić information content (AvgIpc) is 2.96. The quantitative estimate of drug-likeness (QED) is 0.781. The highest BCUT2D eigenvalue weighted by Gasteiger charge is 2.32. The van der Waals surface area contributed by atoms with E-state index in [-0.39, 0.29) is 30.3 Å². The number of likely N-dealkylation sites (tertiary alicyclic amines) is 1. The third-order valence-corrected chi connectivity index (χ3v) is 3.77. The van der Waals surface area contributed by atoms with E-state index in [1.165, 1.54) is 6.42 Å². The topological polar surface area (TPSA) is 75.4 Å². The summed E-state index contributed by atoms with van der Waals surface area (Å²) in [5.74, 6) is -0.283. The fourth-order valence-corrected chi connectivity index (χ4v) is 2.81. The number of hydrogen-bond acceptors (Lipinski definition) is 3. The Morgan fingerprint density at radius 3 is 2.67 bits per heavy atom. The van der Waals surface area contributed by atoms with Gasteiger partial charge in [-0.1, -0.05) is 0 Å². The summed E-state index contributed by atoms with van der Waals surface area (Å²) in [4.78, 5) is 24.9. The molecule has 2 amide bonds. The molecule has 2 rings (SSSR count). The predicted molar refractivity (Wildman–Crippen MR) is 71.4 cm³/mol. The van der Waals surface area contributed by atoms with E-state index in [4.69, 9.17) is 5.73 Å². The number of carbonyl (C=O) groups is 2. The molecular weight excluding hydrogens is 254 g/mol. The maximum absolute atomic E-state index is 12.0. The molecule has 2 fully saturated rings. The van der Waals surface area contributed by atoms with Crippen molar-refractivity contribution < 1.29 is 9.59 Å². The summed E-state index contributed by atoms with van der Waals surface area (Å²) >= 11 is 0. The number of nitrogens with one attached hydrogen (secondary N) is 1. The highest BCUT2D eigenvalue weighted by Crippen LogP contribution is 2.19. The molecule has 104 valence electrons. The first kappa shape index (κ1) is 15.2. The van der Waals surface area contributed by atoms with E-state index in [2.05, 4.69) is 5.32 Å². The summed E-state index contributed by atoms with van der Waals surface area (Å²) in [7, 11) is 0. The Kier molecular flexibility index (Phi) is 5.88. The van der Waals surface area contributed by atoms with Crippen LogP contribution < -0.4 is 11.1 Å². The molecule has 2 atom stereocenters. The molecule has 18 heavy (non-hydrogen) atoms. The first-order chi connectivity index (χ1) is 8.18. The molecule has 5 nitrogen and oxygen atoms in total. The van der Waals surface area contributed by atoms with Gasteiger partial charge in [-0.15, -0.1) is 12.4 Å². The van der Waals surface area contributed by atoms with Crippen LogP contribution in [0.2, 0.25) is 0 Å². The molecule has 0 aromatic carbocycles. The van der Waals surface area contributed by atoms with Crippen molar-refractivity contribution in [1.29, 1.82) is 0 Å². The Bertz CT molecular complexity index is 306. The van der Waals surface area contributed by atoms with Gasteiger partial charge in [-0.2, -0.15) is 0 Å². The second kappa shape index (κ2) is 6.95. The van der Waals surface area contributed by atoms with Crippen LogP contribution in [0.1, 0.15) is 38.5 Å². The first-order valence-electron chi connectivity index (χ1n) is 6.50. The summed E-state index contributed by atoms with van der Waals surface area (Å²) in [6, 6.07) is 0.118. The molecule has 0 aromatic heterocycles. The van der Waals surface area contributed by atoms with E-state index in [9.17, 15) is 9.59 Å². The van der Waals surface area contributed by atoms with E-state index >= 15 is 0 Å². The molecule has 3 N–H and O–H groups in total. The highest BCUT2D eigenvalue weighted by molar-refractivity contribution is 5.87. The minimum atomic E-state index is -0.366. The molecule has 0 spiro atoms. The van der Waals surface area contributed by atoms with Gasteiger partial charge in [0, 0.05) is 19.0 Å². The average molecular weight is 276 g/mol. The molecule has 0 aliphatic carbocycles. The minimum absolute atomic E-state index is 0. The zero-order valence-electron chi connectivity index (χ0n) is 10.6. The number of nitrogens with zero attached hydrogens (tertiary/aromatic N) is 1. The summed E-state index contributed by atoms with van der Waals surface area (Å²) in [6.45, 7) is 1.75. The SMILES string of the molecule is Cl.NC(=O)C1CCCN1C(=O)CCC1CCCN1. The number of rotatable bonds is 4. The zero-order chi connectivity index (χ0) is 12.3. The lowest BCUT2D eigenvalue weighted by atomic mass is 10.1. The smallest absolute Gasteiger partial charge is 0.240 e. The normalized spacial score (nSPS) is 27.0. The second-order valence-corrected chi connectivity index (χ2v) is 4.98. The van der Waals surface area contributed by atoms with Crippen molar-refractivity contribution in [3.05, 3.63) is 0 Å². The lowest BCUT2D eigenvalue weighted by Crippen LogP contribution is -2.44. The predicted octanol–water partition coefficient (Wildman–Crippen LogP) is 0.417. The van der Waals surface area contributed by atoms with Crippen molar-refractivity contribution in [2.75, 3.05) is 13.1 Å². The number of halogens is 1. The van der Waals surface area contributed by atoms with Crippen LogP contribution in [0, 0.1) is 0 Å². The lowest BCUT2D eigenvalue weighted by molar-refractivity contribution is -0.137. The van der Waals surface area contributed by atoms with Gasteiger partial charge in [0.1, 0.15) is 6.04 Å². The van der Waals surface area contributed by atoms with Gasteiger partial charge in [0.05, 0.1) is 0 Å². The lowest BCUT2D eigenvalue weighted by Gasteiger charge is -2.22. The van der Waals surface area contributed by atoms with E-state index < -0.39 is 0 Å². The fourth-order valence-electron chi connectivity index (χ4n) is 2.81. The third kappa shape index (κ3) is 3.59. The van der Waals surface area contributed by atoms with Gasteiger partial charge in [0.2, 0.25) is 11.8 Å². The molecule has 0 aromatic rings. The summed E-state index contributed by atoms with van der Waals surface area (Å²) in [6.07, 6.45) is 5.38. The minimum Gasteiger partial charge on any atom is -0.368 e. The van der Waals surface area contributed by atoms with Crippen molar-refractivity contribution in [3.63, 3.8) is 0 Å². The molecule has 2 aliphatic heterocycles. The van der Waals surface area contributed by atoms with Gasteiger partial charge < -0.3 is 16.0 Å². The number of hydrogen-bond donors (Lipinski definition) is 2. The van der Waals surface area contributed by atoms with Gasteiger partial charge in [-0.05, 0) is 38.6 Å². The molecule has 0 bridgehead atoms. The van der Waals surface area contributed by atoms with E-state index in [1.54, 1.807) is 4.90 Å². The number of amides is 2. The van der Waals surface area contributed by atoms with Crippen LogP contribution in [-0.2, 0) is 9.59 Å². The molecule has 2 heterocycles. The standard InChI is InChI=1S/C12H21N3O2.ClH/c13-12(17)10-4-2-8-15(10)11(16)6-5-9-3-1-7-14-9;/h9-10,14H,1-8H2,(H2,13,17);1H. The van der Waals surface area contributed by atoms with Gasteiger partial charge in [0.15, 0.2) is 0 Å².